The summed E-state index contributed by atoms with van der Waals surface area (Å²) in [5.41, 5.74) is 1.51. The van der Waals surface area contributed by atoms with Crippen LogP contribution in [0.25, 0.3) is 17.5 Å². The molecule has 0 radical (unpaired) electrons. The highest BCUT2D eigenvalue weighted by molar-refractivity contribution is 5.99. The summed E-state index contributed by atoms with van der Waals surface area (Å²) in [5, 5.41) is 17.6. The number of aromatic nitrogens is 3. The summed E-state index contributed by atoms with van der Waals surface area (Å²) in [6.45, 7) is 0. The second kappa shape index (κ2) is 7.53. The quantitative estimate of drug-likeness (QED) is 0.663. The first-order valence-electron chi connectivity index (χ1n) is 7.92. The number of allylic oxidation sites excluding steroid dienone is 1. The first-order valence-corrected chi connectivity index (χ1v) is 7.92. The van der Waals surface area contributed by atoms with Crippen LogP contribution in [0.4, 0.5) is 4.39 Å². The molecule has 0 N–H and O–H groups in total. The van der Waals surface area contributed by atoms with Gasteiger partial charge in [-0.3, -0.25) is 4.79 Å². The Hall–Kier alpha value is -3.59. The topological polar surface area (TPSA) is 71.6 Å². The predicted octanol–water partition coefficient (Wildman–Crippen LogP) is 3.51. The van der Waals surface area contributed by atoms with Crippen LogP contribution in [0.2, 0.25) is 0 Å². The number of carbonyl (C=O) groups is 1. The Bertz CT molecular complexity index is 985. The monoisotopic (exact) mass is 346 g/mol. The van der Waals surface area contributed by atoms with Crippen LogP contribution in [-0.2, 0) is 11.8 Å². The molecule has 26 heavy (non-hydrogen) atoms. The van der Waals surface area contributed by atoms with Gasteiger partial charge in [-0.2, -0.15) is 5.26 Å². The lowest BCUT2D eigenvalue weighted by Gasteiger charge is -2.06. The van der Waals surface area contributed by atoms with Gasteiger partial charge < -0.3 is 4.57 Å². The summed E-state index contributed by atoms with van der Waals surface area (Å²) in [5.74, 6) is -0.972. The molecule has 0 bridgehead atoms. The van der Waals surface area contributed by atoms with Crippen molar-refractivity contribution in [3.63, 3.8) is 0 Å². The van der Waals surface area contributed by atoms with Crippen molar-refractivity contribution in [2.75, 3.05) is 0 Å². The van der Waals surface area contributed by atoms with Gasteiger partial charge in [0.1, 0.15) is 5.82 Å². The van der Waals surface area contributed by atoms with Crippen LogP contribution in [0.5, 0.6) is 0 Å². The van der Waals surface area contributed by atoms with E-state index in [1.54, 1.807) is 29.8 Å². The molecule has 0 fully saturated rings. The number of nitrogens with zero attached hydrogens (tertiary/aromatic N) is 4. The highest BCUT2D eigenvalue weighted by atomic mass is 19.1. The van der Waals surface area contributed by atoms with Crippen LogP contribution in [0.3, 0.4) is 0 Å². The third-order valence-electron chi connectivity index (χ3n) is 3.92. The Labute approximate surface area is 150 Å². The van der Waals surface area contributed by atoms with Gasteiger partial charge in [-0.15, -0.1) is 10.2 Å². The standard InChI is InChI=1S/C20H15FN4O/c1-25-19(15-5-3-2-4-6-15)23-24-20(25)17(13-22)18(26)12-9-14-7-10-16(21)11-8-14/h2-12,17H,1H3/b12-9-/t17-/m0/s1. The van der Waals surface area contributed by atoms with Crippen LogP contribution >= 0.6 is 0 Å². The molecule has 0 saturated carbocycles. The largest absolute Gasteiger partial charge is 0.313 e. The van der Waals surface area contributed by atoms with Gasteiger partial charge in [-0.25, -0.2) is 4.39 Å². The maximum Gasteiger partial charge on any atom is 0.180 e. The Morgan fingerprint density at radius 3 is 2.50 bits per heavy atom. The van der Waals surface area contributed by atoms with Gasteiger partial charge >= 0.3 is 0 Å². The normalized spacial score (nSPS) is 12.0. The molecule has 0 amide bonds. The predicted molar refractivity (Wildman–Crippen MR) is 95.2 cm³/mol. The van der Waals surface area contributed by atoms with E-state index in [-0.39, 0.29) is 11.6 Å². The van der Waals surface area contributed by atoms with E-state index < -0.39 is 11.7 Å². The van der Waals surface area contributed by atoms with Gasteiger partial charge in [0.05, 0.1) is 6.07 Å². The minimum Gasteiger partial charge on any atom is -0.313 e. The molecule has 1 atom stereocenters. The smallest absolute Gasteiger partial charge is 0.180 e. The molecule has 5 nitrogen and oxygen atoms in total. The van der Waals surface area contributed by atoms with Gasteiger partial charge in [0.15, 0.2) is 23.3 Å². The summed E-state index contributed by atoms with van der Waals surface area (Å²) in [4.78, 5) is 12.4. The average Bonchev–Trinajstić information content (AvgIpc) is 3.04. The molecule has 128 valence electrons. The zero-order valence-electron chi connectivity index (χ0n) is 14.0. The molecule has 1 heterocycles. The summed E-state index contributed by atoms with van der Waals surface area (Å²) < 4.78 is 14.6. The van der Waals surface area contributed by atoms with E-state index in [0.717, 1.165) is 5.56 Å². The Morgan fingerprint density at radius 1 is 1.15 bits per heavy atom. The molecule has 2 aromatic carbocycles. The molecule has 0 aliphatic carbocycles. The lowest BCUT2D eigenvalue weighted by Crippen LogP contribution is -2.13. The molecule has 3 aromatic rings. The highest BCUT2D eigenvalue weighted by Crippen LogP contribution is 2.22. The van der Waals surface area contributed by atoms with Crippen molar-refractivity contribution < 1.29 is 9.18 Å². The number of benzene rings is 2. The number of carbonyl (C=O) groups excluding carboxylic acids is 1. The van der Waals surface area contributed by atoms with Crippen molar-refractivity contribution in [1.29, 1.82) is 5.26 Å². The van der Waals surface area contributed by atoms with Gasteiger partial charge in [-0.1, -0.05) is 48.5 Å². The number of rotatable bonds is 5. The van der Waals surface area contributed by atoms with Crippen molar-refractivity contribution in [2.45, 2.75) is 5.92 Å². The maximum absolute atomic E-state index is 12.9. The lowest BCUT2D eigenvalue weighted by molar-refractivity contribution is -0.115. The van der Waals surface area contributed by atoms with Gasteiger partial charge in [-0.05, 0) is 23.8 Å². The molecule has 0 aliphatic heterocycles. The molecule has 0 unspecified atom stereocenters. The van der Waals surface area contributed by atoms with E-state index in [9.17, 15) is 14.4 Å². The fourth-order valence-corrected chi connectivity index (χ4v) is 2.53. The number of hydrogen-bond donors (Lipinski definition) is 0. The summed E-state index contributed by atoms with van der Waals surface area (Å²) >= 11 is 0. The minimum atomic E-state index is -1.07. The summed E-state index contributed by atoms with van der Waals surface area (Å²) in [7, 11) is 1.72. The molecular formula is C20H15FN4O. The van der Waals surface area contributed by atoms with E-state index in [1.807, 2.05) is 36.4 Å². The van der Waals surface area contributed by atoms with Crippen LogP contribution in [0, 0.1) is 17.1 Å². The second-order valence-electron chi connectivity index (χ2n) is 5.66. The Balaban J connectivity index is 1.85. The first kappa shape index (κ1) is 17.2. The maximum atomic E-state index is 12.9. The molecule has 0 saturated heterocycles. The van der Waals surface area contributed by atoms with Crippen molar-refractivity contribution in [1.82, 2.24) is 14.8 Å². The summed E-state index contributed by atoms with van der Waals surface area (Å²) in [6, 6.07) is 17.1. The Morgan fingerprint density at radius 2 is 1.85 bits per heavy atom. The van der Waals surface area contributed by atoms with Gasteiger partial charge in [0.25, 0.3) is 0 Å². The minimum absolute atomic E-state index is 0.278. The Kier molecular flexibility index (Phi) is 4.99. The van der Waals surface area contributed by atoms with E-state index in [4.69, 9.17) is 0 Å². The fourth-order valence-electron chi connectivity index (χ4n) is 2.53. The highest BCUT2D eigenvalue weighted by Gasteiger charge is 2.25. The van der Waals surface area contributed by atoms with E-state index >= 15 is 0 Å². The van der Waals surface area contributed by atoms with Crippen molar-refractivity contribution in [3.8, 4) is 17.5 Å². The van der Waals surface area contributed by atoms with Crippen molar-refractivity contribution in [2.24, 2.45) is 7.05 Å². The van der Waals surface area contributed by atoms with E-state index in [2.05, 4.69) is 10.2 Å². The molecule has 1 aromatic heterocycles. The zero-order valence-corrected chi connectivity index (χ0v) is 14.0. The zero-order chi connectivity index (χ0) is 18.5. The molecular weight excluding hydrogens is 331 g/mol. The van der Waals surface area contributed by atoms with Crippen molar-refractivity contribution >= 4 is 11.9 Å². The van der Waals surface area contributed by atoms with Crippen LogP contribution in [-0.4, -0.2) is 20.5 Å². The fraction of sp³-hybridized carbons (Fsp3) is 0.100. The molecule has 6 heteroatoms. The van der Waals surface area contributed by atoms with E-state index in [1.165, 1.54) is 18.2 Å². The summed E-state index contributed by atoms with van der Waals surface area (Å²) in [6.07, 6.45) is 2.85. The third-order valence-corrected chi connectivity index (χ3v) is 3.92. The van der Waals surface area contributed by atoms with Crippen LogP contribution < -0.4 is 0 Å². The number of hydrogen-bond acceptors (Lipinski definition) is 4. The molecule has 0 aliphatic rings. The van der Waals surface area contributed by atoms with Gasteiger partial charge in [0, 0.05) is 12.6 Å². The van der Waals surface area contributed by atoms with Crippen LogP contribution in [0.15, 0.2) is 60.7 Å². The second-order valence-corrected chi connectivity index (χ2v) is 5.66. The number of ketones is 1. The van der Waals surface area contributed by atoms with E-state index in [0.29, 0.717) is 11.4 Å². The molecule has 3 rings (SSSR count). The SMILES string of the molecule is Cn1c(-c2ccccc2)nnc1[C@@H](C#N)C(=O)/C=C\c1ccc(F)cc1. The average molecular weight is 346 g/mol. The van der Waals surface area contributed by atoms with Crippen LogP contribution in [0.1, 0.15) is 17.3 Å². The number of nitriles is 1. The number of halogens is 1. The first-order chi connectivity index (χ1) is 12.6. The van der Waals surface area contributed by atoms with Crippen molar-refractivity contribution in [3.05, 3.63) is 77.9 Å². The van der Waals surface area contributed by atoms with Gasteiger partial charge in [0.2, 0.25) is 0 Å². The third kappa shape index (κ3) is 3.57. The lowest BCUT2D eigenvalue weighted by atomic mass is 10.0. The molecule has 0 spiro atoms.